The summed E-state index contributed by atoms with van der Waals surface area (Å²) in [4.78, 5) is 0. The van der Waals surface area contributed by atoms with E-state index in [1.807, 2.05) is 0 Å². The number of hydrogen-bond donors (Lipinski definition) is 0. The van der Waals surface area contributed by atoms with Gasteiger partial charge in [0.25, 0.3) is 0 Å². The number of halogens is 2. The SMILES string of the molecule is CC1[C-]=C2CCC1=C2C(C)(C)C.[Cl-].[Cl-].[Zr+4].c1ccc2c(c1)[cH-]c1ccccc12. The molecule has 0 saturated carbocycles. The molecule has 2 bridgehead atoms. The Labute approximate surface area is 200 Å². The molecular weight excluding hydrogens is 462 g/mol. The van der Waals surface area contributed by atoms with Gasteiger partial charge in [-0.2, -0.15) is 11.1 Å². The molecule has 0 amide bonds. The number of allylic oxidation sites excluding steroid dienone is 4. The summed E-state index contributed by atoms with van der Waals surface area (Å²) in [6.07, 6.45) is 6.11. The van der Waals surface area contributed by atoms with Crippen molar-refractivity contribution in [2.45, 2.75) is 40.5 Å². The summed E-state index contributed by atoms with van der Waals surface area (Å²) in [7, 11) is 0. The fraction of sp³-hybridized carbons (Fsp3) is 0.320. The van der Waals surface area contributed by atoms with Crippen LogP contribution in [0, 0.1) is 17.4 Å². The Balaban J connectivity index is 0.000000254. The average Bonchev–Trinajstić information content (AvgIpc) is 3.24. The zero-order chi connectivity index (χ0) is 17.6. The maximum absolute atomic E-state index is 3.55. The smallest absolute Gasteiger partial charge is 1.00 e. The normalized spacial score (nSPS) is 17.3. The van der Waals surface area contributed by atoms with Crippen molar-refractivity contribution in [3.8, 4) is 0 Å². The van der Waals surface area contributed by atoms with Crippen LogP contribution in [0.15, 0.2) is 71.3 Å². The van der Waals surface area contributed by atoms with E-state index in [0.717, 1.165) is 0 Å². The van der Waals surface area contributed by atoms with Crippen molar-refractivity contribution in [3.05, 3.63) is 77.4 Å². The largest absolute Gasteiger partial charge is 4.00 e. The number of rotatable bonds is 0. The van der Waals surface area contributed by atoms with Crippen molar-refractivity contribution in [3.63, 3.8) is 0 Å². The third-order valence-corrected chi connectivity index (χ3v) is 5.45. The van der Waals surface area contributed by atoms with Gasteiger partial charge in [-0.3, -0.25) is 6.08 Å². The van der Waals surface area contributed by atoms with Crippen LogP contribution in [0.1, 0.15) is 40.5 Å². The molecule has 28 heavy (non-hydrogen) atoms. The summed E-state index contributed by atoms with van der Waals surface area (Å²) < 4.78 is 0. The van der Waals surface area contributed by atoms with Gasteiger partial charge in [0, 0.05) is 0 Å². The average molecular weight is 489 g/mol. The monoisotopic (exact) mass is 486 g/mol. The van der Waals surface area contributed by atoms with Gasteiger partial charge in [-0.05, 0) is 6.42 Å². The van der Waals surface area contributed by atoms with E-state index in [1.54, 1.807) is 11.1 Å². The van der Waals surface area contributed by atoms with Gasteiger partial charge in [0.1, 0.15) is 0 Å². The zero-order valence-electron chi connectivity index (χ0n) is 16.9. The standard InChI is InChI=1S/C13H9.C12H17.2ClH.Zr/c1-3-7-12-10(5-1)9-11-6-2-4-8-13(11)12;1-8-7-9-5-6-10(8)11(9)12(2,3)4;;;/h1-9H;8H,5-6H2,1-4H3;2*1H;/q2*-1;;;+4/p-2. The van der Waals surface area contributed by atoms with Gasteiger partial charge in [0.2, 0.25) is 0 Å². The van der Waals surface area contributed by atoms with Crippen molar-refractivity contribution in [1.29, 1.82) is 0 Å². The first-order chi connectivity index (χ1) is 11.9. The fourth-order valence-corrected chi connectivity index (χ4v) is 4.47. The molecule has 1 atom stereocenters. The van der Waals surface area contributed by atoms with Gasteiger partial charge < -0.3 is 24.8 Å². The van der Waals surface area contributed by atoms with E-state index in [-0.39, 0.29) is 51.0 Å². The quantitative estimate of drug-likeness (QED) is 0.418. The first-order valence-corrected chi connectivity index (χ1v) is 9.34. The van der Waals surface area contributed by atoms with Crippen molar-refractivity contribution in [2.24, 2.45) is 11.3 Å². The molecule has 3 aromatic carbocycles. The molecule has 2 aliphatic rings. The first kappa shape index (κ1) is 25.3. The molecule has 0 N–H and O–H groups in total. The second kappa shape index (κ2) is 9.84. The molecular formula is C25H26Cl2Zr. The van der Waals surface area contributed by atoms with Crippen LogP contribution in [-0.4, -0.2) is 0 Å². The maximum atomic E-state index is 3.55. The third kappa shape index (κ3) is 4.69. The van der Waals surface area contributed by atoms with E-state index in [4.69, 9.17) is 0 Å². The predicted octanol–water partition coefficient (Wildman–Crippen LogP) is 1.22. The summed E-state index contributed by atoms with van der Waals surface area (Å²) >= 11 is 0. The molecule has 0 aromatic heterocycles. The fourth-order valence-electron chi connectivity index (χ4n) is 4.47. The summed E-state index contributed by atoms with van der Waals surface area (Å²) in [6.45, 7) is 9.21. The summed E-state index contributed by atoms with van der Waals surface area (Å²) in [5.74, 6) is 0.614. The molecule has 1 unspecified atom stereocenters. The Morgan fingerprint density at radius 2 is 1.36 bits per heavy atom. The minimum atomic E-state index is 0. The van der Waals surface area contributed by atoms with E-state index in [9.17, 15) is 0 Å². The Morgan fingerprint density at radius 1 is 0.857 bits per heavy atom. The van der Waals surface area contributed by atoms with Crippen LogP contribution in [-0.2, 0) is 26.2 Å². The Morgan fingerprint density at radius 3 is 1.71 bits per heavy atom. The molecule has 5 rings (SSSR count). The van der Waals surface area contributed by atoms with E-state index < -0.39 is 0 Å². The van der Waals surface area contributed by atoms with Gasteiger partial charge in [0.05, 0.1) is 0 Å². The molecule has 3 heteroatoms. The molecule has 0 spiro atoms. The molecule has 0 heterocycles. The number of hydrogen-bond acceptors (Lipinski definition) is 0. The Bertz CT molecular complexity index is 952. The van der Waals surface area contributed by atoms with Crippen LogP contribution >= 0.6 is 0 Å². The molecule has 0 radical (unpaired) electrons. The second-order valence-corrected chi connectivity index (χ2v) is 8.31. The van der Waals surface area contributed by atoms with Crippen LogP contribution in [0.3, 0.4) is 0 Å². The Hall–Kier alpha value is -0.747. The summed E-state index contributed by atoms with van der Waals surface area (Å²) in [5, 5.41) is 5.39. The first-order valence-electron chi connectivity index (χ1n) is 9.34. The van der Waals surface area contributed by atoms with Crippen LogP contribution in [0.25, 0.3) is 21.5 Å². The topological polar surface area (TPSA) is 0 Å². The van der Waals surface area contributed by atoms with E-state index in [2.05, 4.69) is 88.4 Å². The maximum Gasteiger partial charge on any atom is 4.00 e. The zero-order valence-corrected chi connectivity index (χ0v) is 20.9. The minimum absolute atomic E-state index is 0. The molecule has 0 fully saturated rings. The van der Waals surface area contributed by atoms with E-state index in [1.165, 1.54) is 40.0 Å². The van der Waals surface area contributed by atoms with E-state index >= 15 is 0 Å². The molecule has 0 saturated heterocycles. The number of benzene rings is 2. The van der Waals surface area contributed by atoms with Crippen molar-refractivity contribution in [1.82, 2.24) is 0 Å². The number of fused-ring (bicyclic) bond motifs is 4. The second-order valence-electron chi connectivity index (χ2n) is 8.31. The molecule has 2 aliphatic carbocycles. The van der Waals surface area contributed by atoms with Crippen molar-refractivity contribution >= 4 is 21.5 Å². The summed E-state index contributed by atoms with van der Waals surface area (Å²) in [5.41, 5.74) is 5.15. The Kier molecular flexibility index (Phi) is 8.89. The minimum Gasteiger partial charge on any atom is -1.00 e. The van der Waals surface area contributed by atoms with E-state index in [0.29, 0.717) is 11.3 Å². The molecule has 0 aliphatic heterocycles. The van der Waals surface area contributed by atoms with Crippen LogP contribution in [0.2, 0.25) is 0 Å². The molecule has 0 nitrogen and oxygen atoms in total. The van der Waals surface area contributed by atoms with Gasteiger partial charge in [-0.15, -0.1) is 39.7 Å². The summed E-state index contributed by atoms with van der Waals surface area (Å²) in [6, 6.07) is 19.3. The van der Waals surface area contributed by atoms with Crippen molar-refractivity contribution < 1.29 is 51.0 Å². The van der Waals surface area contributed by atoms with Gasteiger partial charge in [0.15, 0.2) is 0 Å². The third-order valence-electron chi connectivity index (χ3n) is 5.45. The van der Waals surface area contributed by atoms with Gasteiger partial charge in [-0.25, -0.2) is 5.57 Å². The van der Waals surface area contributed by atoms with Crippen LogP contribution in [0.5, 0.6) is 0 Å². The van der Waals surface area contributed by atoms with Gasteiger partial charge >= 0.3 is 26.2 Å². The predicted molar refractivity (Wildman–Crippen MR) is 109 cm³/mol. The van der Waals surface area contributed by atoms with Crippen LogP contribution < -0.4 is 24.8 Å². The van der Waals surface area contributed by atoms with Crippen LogP contribution in [0.4, 0.5) is 0 Å². The molecule has 144 valence electrons. The van der Waals surface area contributed by atoms with Gasteiger partial charge in [-0.1, -0.05) is 81.8 Å². The van der Waals surface area contributed by atoms with Crippen molar-refractivity contribution in [2.75, 3.05) is 0 Å². The molecule has 3 aromatic rings.